The van der Waals surface area contributed by atoms with Gasteiger partial charge < -0.3 is 0 Å². The molecule has 0 atom stereocenters. The van der Waals surface area contributed by atoms with E-state index in [1.807, 2.05) is 0 Å². The van der Waals surface area contributed by atoms with Crippen LogP contribution < -0.4 is 4.90 Å². The number of anilines is 1. The standard InChI is InChI=1S/C7H9N5O2S/c1-4(13)12(5(2)14)6-8-10-7(15-3)11-9-6/h1-3H3. The lowest BCUT2D eigenvalue weighted by atomic mass is 10.5. The monoisotopic (exact) mass is 227 g/mol. The van der Waals surface area contributed by atoms with E-state index in [4.69, 9.17) is 0 Å². The van der Waals surface area contributed by atoms with Gasteiger partial charge in [-0.05, 0) is 6.26 Å². The van der Waals surface area contributed by atoms with Gasteiger partial charge in [-0.25, -0.2) is 4.90 Å². The Kier molecular flexibility index (Phi) is 3.67. The van der Waals surface area contributed by atoms with Crippen LogP contribution in [-0.2, 0) is 9.59 Å². The molecule has 7 nitrogen and oxygen atoms in total. The van der Waals surface area contributed by atoms with Gasteiger partial charge in [0.05, 0.1) is 0 Å². The van der Waals surface area contributed by atoms with Gasteiger partial charge in [-0.3, -0.25) is 9.59 Å². The minimum Gasteiger partial charge on any atom is -0.274 e. The van der Waals surface area contributed by atoms with Crippen molar-refractivity contribution in [1.82, 2.24) is 20.4 Å². The highest BCUT2D eigenvalue weighted by molar-refractivity contribution is 7.98. The zero-order valence-corrected chi connectivity index (χ0v) is 9.28. The maximum atomic E-state index is 11.1. The molecular formula is C7H9N5O2S. The van der Waals surface area contributed by atoms with Crippen molar-refractivity contribution in [2.24, 2.45) is 0 Å². The lowest BCUT2D eigenvalue weighted by Crippen LogP contribution is -2.35. The van der Waals surface area contributed by atoms with Crippen LogP contribution in [0.25, 0.3) is 0 Å². The Balaban J connectivity index is 3.02. The average molecular weight is 227 g/mol. The van der Waals surface area contributed by atoms with Crippen LogP contribution in [0.2, 0.25) is 0 Å². The predicted octanol–water partition coefficient (Wildman–Crippen LogP) is -0.112. The van der Waals surface area contributed by atoms with E-state index in [9.17, 15) is 9.59 Å². The molecule has 0 saturated heterocycles. The largest absolute Gasteiger partial charge is 0.278 e. The molecule has 0 N–H and O–H groups in total. The summed E-state index contributed by atoms with van der Waals surface area (Å²) in [6.07, 6.45) is 1.77. The van der Waals surface area contributed by atoms with Crippen molar-refractivity contribution in [2.75, 3.05) is 11.2 Å². The van der Waals surface area contributed by atoms with Crippen LogP contribution in [0.3, 0.4) is 0 Å². The fourth-order valence-corrected chi connectivity index (χ4v) is 1.13. The van der Waals surface area contributed by atoms with Crippen LogP contribution in [0.15, 0.2) is 5.16 Å². The third-order valence-electron chi connectivity index (χ3n) is 1.46. The Labute approximate surface area is 90.3 Å². The molecule has 2 amide bonds. The summed E-state index contributed by atoms with van der Waals surface area (Å²) in [5, 5.41) is 15.0. The van der Waals surface area contributed by atoms with Crippen LogP contribution in [0.1, 0.15) is 13.8 Å². The molecule has 1 heterocycles. The van der Waals surface area contributed by atoms with Crippen molar-refractivity contribution >= 4 is 29.5 Å². The quantitative estimate of drug-likeness (QED) is 0.651. The van der Waals surface area contributed by atoms with Gasteiger partial charge in [0.25, 0.3) is 5.95 Å². The minimum atomic E-state index is -0.469. The molecule has 80 valence electrons. The van der Waals surface area contributed by atoms with Gasteiger partial charge >= 0.3 is 0 Å². The van der Waals surface area contributed by atoms with Gasteiger partial charge in [-0.15, -0.1) is 20.4 Å². The van der Waals surface area contributed by atoms with Crippen molar-refractivity contribution in [3.8, 4) is 0 Å². The van der Waals surface area contributed by atoms with Gasteiger partial charge in [0.2, 0.25) is 17.0 Å². The second-order valence-electron chi connectivity index (χ2n) is 2.56. The molecule has 0 spiro atoms. The van der Waals surface area contributed by atoms with Crippen LogP contribution in [0, 0.1) is 0 Å². The first kappa shape index (κ1) is 11.5. The van der Waals surface area contributed by atoms with Crippen molar-refractivity contribution < 1.29 is 9.59 Å². The number of rotatable bonds is 2. The van der Waals surface area contributed by atoms with E-state index in [-0.39, 0.29) is 5.95 Å². The number of carbonyl (C=O) groups is 2. The van der Waals surface area contributed by atoms with E-state index >= 15 is 0 Å². The van der Waals surface area contributed by atoms with Gasteiger partial charge in [0.15, 0.2) is 0 Å². The Hall–Kier alpha value is -1.57. The summed E-state index contributed by atoms with van der Waals surface area (Å²) in [6, 6.07) is 0. The molecule has 0 aliphatic carbocycles. The zero-order valence-electron chi connectivity index (χ0n) is 8.46. The summed E-state index contributed by atoms with van der Waals surface area (Å²) in [4.78, 5) is 23.0. The predicted molar refractivity (Wildman–Crippen MR) is 53.2 cm³/mol. The molecule has 0 saturated carbocycles. The SMILES string of the molecule is CSc1nnc(N(C(C)=O)C(C)=O)nn1. The fraction of sp³-hybridized carbons (Fsp3) is 0.429. The molecular weight excluding hydrogens is 218 g/mol. The Morgan fingerprint density at radius 1 is 1.07 bits per heavy atom. The van der Waals surface area contributed by atoms with E-state index in [0.717, 1.165) is 4.90 Å². The van der Waals surface area contributed by atoms with E-state index in [1.165, 1.54) is 25.6 Å². The lowest BCUT2D eigenvalue weighted by Gasteiger charge is -2.12. The van der Waals surface area contributed by atoms with Crippen LogP contribution >= 0.6 is 11.8 Å². The minimum absolute atomic E-state index is 0.104. The molecule has 8 heteroatoms. The van der Waals surface area contributed by atoms with Crippen LogP contribution in [-0.4, -0.2) is 38.5 Å². The number of aromatic nitrogens is 4. The highest BCUT2D eigenvalue weighted by Crippen LogP contribution is 2.08. The Morgan fingerprint density at radius 2 is 1.53 bits per heavy atom. The Morgan fingerprint density at radius 3 is 1.87 bits per heavy atom. The zero-order chi connectivity index (χ0) is 11.4. The third kappa shape index (κ3) is 2.69. The van der Waals surface area contributed by atoms with E-state index in [1.54, 1.807) is 6.26 Å². The first-order valence-electron chi connectivity index (χ1n) is 3.99. The summed E-state index contributed by atoms with van der Waals surface area (Å²) in [7, 11) is 0. The number of thioether (sulfide) groups is 1. The van der Waals surface area contributed by atoms with Crippen LogP contribution in [0.4, 0.5) is 5.95 Å². The molecule has 0 bridgehead atoms. The van der Waals surface area contributed by atoms with E-state index in [0.29, 0.717) is 5.16 Å². The molecule has 0 fully saturated rings. The average Bonchev–Trinajstić information content (AvgIpc) is 2.18. The molecule has 1 aromatic heterocycles. The highest BCUT2D eigenvalue weighted by atomic mass is 32.2. The second-order valence-corrected chi connectivity index (χ2v) is 3.33. The number of amides is 2. The summed E-state index contributed by atoms with van der Waals surface area (Å²) in [5.41, 5.74) is 0. The number of imide groups is 1. The normalized spacial score (nSPS) is 9.80. The molecule has 1 rings (SSSR count). The lowest BCUT2D eigenvalue weighted by molar-refractivity contribution is -0.124. The molecule has 1 aromatic rings. The maximum absolute atomic E-state index is 11.1. The van der Waals surface area contributed by atoms with Gasteiger partial charge in [0, 0.05) is 13.8 Å². The summed E-state index contributed by atoms with van der Waals surface area (Å²) in [5.74, 6) is -1.04. The fourth-order valence-electron chi connectivity index (χ4n) is 0.889. The molecule has 15 heavy (non-hydrogen) atoms. The van der Waals surface area contributed by atoms with E-state index in [2.05, 4.69) is 20.4 Å². The first-order valence-corrected chi connectivity index (χ1v) is 5.21. The number of hydrogen-bond donors (Lipinski definition) is 0. The van der Waals surface area contributed by atoms with Crippen molar-refractivity contribution in [3.05, 3.63) is 0 Å². The first-order chi connectivity index (χ1) is 7.06. The Bertz CT molecular complexity index is 365. The smallest absolute Gasteiger partial charge is 0.274 e. The number of carbonyl (C=O) groups excluding carboxylic acids is 2. The molecule has 0 unspecified atom stereocenters. The number of hydrogen-bond acceptors (Lipinski definition) is 7. The molecule has 0 aliphatic rings. The van der Waals surface area contributed by atoms with Crippen molar-refractivity contribution in [3.63, 3.8) is 0 Å². The van der Waals surface area contributed by atoms with Crippen LogP contribution in [0.5, 0.6) is 0 Å². The van der Waals surface area contributed by atoms with Crippen molar-refractivity contribution in [1.29, 1.82) is 0 Å². The summed E-state index contributed by atoms with van der Waals surface area (Å²) >= 11 is 1.27. The summed E-state index contributed by atoms with van der Waals surface area (Å²) in [6.45, 7) is 2.49. The molecule has 0 aliphatic heterocycles. The van der Waals surface area contributed by atoms with Gasteiger partial charge in [-0.1, -0.05) is 11.8 Å². The summed E-state index contributed by atoms with van der Waals surface area (Å²) < 4.78 is 0. The molecule has 0 radical (unpaired) electrons. The van der Waals surface area contributed by atoms with E-state index < -0.39 is 11.8 Å². The maximum Gasteiger partial charge on any atom is 0.278 e. The van der Waals surface area contributed by atoms with Crippen molar-refractivity contribution in [2.45, 2.75) is 19.0 Å². The third-order valence-corrected chi connectivity index (χ3v) is 1.99. The molecule has 0 aromatic carbocycles. The number of nitrogens with zero attached hydrogens (tertiary/aromatic N) is 5. The second kappa shape index (κ2) is 4.78. The van der Waals surface area contributed by atoms with Gasteiger partial charge in [0.1, 0.15) is 0 Å². The topological polar surface area (TPSA) is 88.9 Å². The highest BCUT2D eigenvalue weighted by Gasteiger charge is 2.20. The van der Waals surface area contributed by atoms with Gasteiger partial charge in [-0.2, -0.15) is 0 Å².